The Bertz CT molecular complexity index is 777. The minimum Gasteiger partial charge on any atom is -0.352 e. The van der Waals surface area contributed by atoms with Crippen molar-refractivity contribution >= 4 is 29.9 Å². The van der Waals surface area contributed by atoms with Crippen molar-refractivity contribution in [1.29, 1.82) is 5.26 Å². The van der Waals surface area contributed by atoms with E-state index in [-0.39, 0.29) is 24.0 Å². The SMILES string of the molecule is CN=C(NCc1cccc(C#N)c1)N1CCN(Cc2ccccc2)CC1.I. The molecular weight excluding hydrogens is 449 g/mol. The zero-order valence-electron chi connectivity index (χ0n) is 15.6. The van der Waals surface area contributed by atoms with Crippen LogP contribution in [0.2, 0.25) is 0 Å². The van der Waals surface area contributed by atoms with Gasteiger partial charge in [0.25, 0.3) is 0 Å². The van der Waals surface area contributed by atoms with Crippen molar-refractivity contribution in [3.05, 3.63) is 71.3 Å². The van der Waals surface area contributed by atoms with Gasteiger partial charge in [-0.2, -0.15) is 5.26 Å². The van der Waals surface area contributed by atoms with Gasteiger partial charge >= 0.3 is 0 Å². The van der Waals surface area contributed by atoms with Gasteiger partial charge in [-0.3, -0.25) is 9.89 Å². The van der Waals surface area contributed by atoms with Crippen LogP contribution in [0.25, 0.3) is 0 Å². The molecule has 0 radical (unpaired) electrons. The molecule has 1 fully saturated rings. The molecule has 27 heavy (non-hydrogen) atoms. The van der Waals surface area contributed by atoms with E-state index < -0.39 is 0 Å². The Hall–Kier alpha value is -2.11. The van der Waals surface area contributed by atoms with E-state index in [1.807, 2.05) is 31.3 Å². The van der Waals surface area contributed by atoms with Gasteiger partial charge in [0.05, 0.1) is 11.6 Å². The topological polar surface area (TPSA) is 54.7 Å². The van der Waals surface area contributed by atoms with Crippen molar-refractivity contribution in [1.82, 2.24) is 15.1 Å². The Morgan fingerprint density at radius 2 is 1.74 bits per heavy atom. The Morgan fingerprint density at radius 1 is 1.04 bits per heavy atom. The fourth-order valence-electron chi connectivity index (χ4n) is 3.22. The largest absolute Gasteiger partial charge is 0.352 e. The highest BCUT2D eigenvalue weighted by Crippen LogP contribution is 2.09. The fourth-order valence-corrected chi connectivity index (χ4v) is 3.22. The van der Waals surface area contributed by atoms with Crippen LogP contribution in [0.1, 0.15) is 16.7 Å². The highest BCUT2D eigenvalue weighted by Gasteiger charge is 2.19. The van der Waals surface area contributed by atoms with E-state index in [0.717, 1.165) is 44.2 Å². The van der Waals surface area contributed by atoms with Gasteiger partial charge in [-0.05, 0) is 23.3 Å². The molecule has 1 N–H and O–H groups in total. The molecule has 5 nitrogen and oxygen atoms in total. The van der Waals surface area contributed by atoms with E-state index in [2.05, 4.69) is 56.5 Å². The predicted molar refractivity (Wildman–Crippen MR) is 120 cm³/mol. The van der Waals surface area contributed by atoms with Gasteiger partial charge in [0.15, 0.2) is 5.96 Å². The first-order valence-corrected chi connectivity index (χ1v) is 8.99. The van der Waals surface area contributed by atoms with E-state index in [0.29, 0.717) is 12.1 Å². The standard InChI is InChI=1S/C21H25N5.HI/c1-23-21(24-16-20-9-5-8-19(14-20)15-22)26-12-10-25(11-13-26)17-18-6-3-2-4-7-18;/h2-9,14H,10-13,16-17H2,1H3,(H,23,24);1H. The molecule has 2 aromatic carbocycles. The second-order valence-corrected chi connectivity index (χ2v) is 6.46. The van der Waals surface area contributed by atoms with Crippen LogP contribution in [-0.4, -0.2) is 49.0 Å². The molecule has 1 heterocycles. The average molecular weight is 475 g/mol. The van der Waals surface area contributed by atoms with Gasteiger partial charge in [-0.25, -0.2) is 0 Å². The van der Waals surface area contributed by atoms with Gasteiger partial charge in [0.2, 0.25) is 0 Å². The van der Waals surface area contributed by atoms with E-state index >= 15 is 0 Å². The molecule has 1 aliphatic rings. The van der Waals surface area contributed by atoms with E-state index in [1.165, 1.54) is 5.56 Å². The van der Waals surface area contributed by atoms with Crippen LogP contribution >= 0.6 is 24.0 Å². The predicted octanol–water partition coefficient (Wildman–Crippen LogP) is 3.07. The van der Waals surface area contributed by atoms with Crippen molar-refractivity contribution < 1.29 is 0 Å². The number of piperazine rings is 1. The summed E-state index contributed by atoms with van der Waals surface area (Å²) in [5.41, 5.74) is 3.14. The Kier molecular flexibility index (Phi) is 8.55. The summed E-state index contributed by atoms with van der Waals surface area (Å²) in [5, 5.41) is 12.4. The number of benzene rings is 2. The molecule has 0 unspecified atom stereocenters. The molecule has 0 amide bonds. The molecule has 0 aliphatic carbocycles. The highest BCUT2D eigenvalue weighted by molar-refractivity contribution is 14.0. The number of hydrogen-bond donors (Lipinski definition) is 1. The lowest BCUT2D eigenvalue weighted by Gasteiger charge is -2.36. The second kappa shape index (κ2) is 10.9. The first-order chi connectivity index (χ1) is 12.8. The van der Waals surface area contributed by atoms with Crippen LogP contribution in [0.3, 0.4) is 0 Å². The lowest BCUT2D eigenvalue weighted by Crippen LogP contribution is -2.52. The summed E-state index contributed by atoms with van der Waals surface area (Å²) in [4.78, 5) is 9.21. The summed E-state index contributed by atoms with van der Waals surface area (Å²) in [7, 11) is 1.82. The molecule has 0 bridgehead atoms. The summed E-state index contributed by atoms with van der Waals surface area (Å²) < 4.78 is 0. The number of aliphatic imine (C=N–C) groups is 1. The van der Waals surface area contributed by atoms with Crippen molar-refractivity contribution in [3.63, 3.8) is 0 Å². The number of nitrogens with one attached hydrogen (secondary N) is 1. The number of rotatable bonds is 4. The lowest BCUT2D eigenvalue weighted by atomic mass is 10.1. The third-order valence-corrected chi connectivity index (χ3v) is 4.64. The summed E-state index contributed by atoms with van der Waals surface area (Å²) in [6, 6.07) is 20.5. The quantitative estimate of drug-likeness (QED) is 0.420. The smallest absolute Gasteiger partial charge is 0.194 e. The maximum atomic E-state index is 9.01. The highest BCUT2D eigenvalue weighted by atomic mass is 127. The fraction of sp³-hybridized carbons (Fsp3) is 0.333. The van der Waals surface area contributed by atoms with Gasteiger partial charge in [0, 0.05) is 46.3 Å². The number of hydrogen-bond acceptors (Lipinski definition) is 3. The van der Waals surface area contributed by atoms with Gasteiger partial charge in [0.1, 0.15) is 0 Å². The molecule has 6 heteroatoms. The zero-order valence-corrected chi connectivity index (χ0v) is 18.0. The first kappa shape index (κ1) is 21.2. The molecule has 3 rings (SSSR count). The van der Waals surface area contributed by atoms with Gasteiger partial charge in [-0.1, -0.05) is 42.5 Å². The van der Waals surface area contributed by atoms with Crippen LogP contribution in [0, 0.1) is 11.3 Å². The number of guanidine groups is 1. The number of halogens is 1. The van der Waals surface area contributed by atoms with E-state index in [4.69, 9.17) is 5.26 Å². The lowest BCUT2D eigenvalue weighted by molar-refractivity contribution is 0.172. The minimum absolute atomic E-state index is 0. The van der Waals surface area contributed by atoms with Crippen molar-refractivity contribution in [2.75, 3.05) is 33.2 Å². The van der Waals surface area contributed by atoms with Crippen molar-refractivity contribution in [2.24, 2.45) is 4.99 Å². The van der Waals surface area contributed by atoms with Crippen LogP contribution in [0.5, 0.6) is 0 Å². The normalized spacial score (nSPS) is 15.0. The van der Waals surface area contributed by atoms with Crippen molar-refractivity contribution in [2.45, 2.75) is 13.1 Å². The van der Waals surface area contributed by atoms with Crippen molar-refractivity contribution in [3.8, 4) is 6.07 Å². The van der Waals surface area contributed by atoms with Crippen LogP contribution in [0.4, 0.5) is 0 Å². The number of nitrogens with zero attached hydrogens (tertiary/aromatic N) is 4. The molecule has 1 aliphatic heterocycles. The molecule has 0 aromatic heterocycles. The molecule has 142 valence electrons. The monoisotopic (exact) mass is 475 g/mol. The van der Waals surface area contributed by atoms with E-state index in [1.54, 1.807) is 0 Å². The van der Waals surface area contributed by atoms with Crippen LogP contribution in [-0.2, 0) is 13.1 Å². The Morgan fingerprint density at radius 3 is 2.41 bits per heavy atom. The maximum absolute atomic E-state index is 9.01. The summed E-state index contributed by atoms with van der Waals surface area (Å²) in [5.74, 6) is 0.923. The van der Waals surface area contributed by atoms with E-state index in [9.17, 15) is 0 Å². The molecule has 0 spiro atoms. The molecule has 1 saturated heterocycles. The van der Waals surface area contributed by atoms with Gasteiger partial charge < -0.3 is 10.2 Å². The maximum Gasteiger partial charge on any atom is 0.194 e. The van der Waals surface area contributed by atoms with Crippen LogP contribution < -0.4 is 5.32 Å². The molecule has 0 atom stereocenters. The average Bonchev–Trinajstić information content (AvgIpc) is 2.70. The second-order valence-electron chi connectivity index (χ2n) is 6.46. The van der Waals surface area contributed by atoms with Crippen LogP contribution in [0.15, 0.2) is 59.6 Å². The third kappa shape index (κ3) is 6.22. The Balaban J connectivity index is 0.00000261. The molecule has 2 aromatic rings. The summed E-state index contributed by atoms with van der Waals surface area (Å²) in [6.07, 6.45) is 0. The summed E-state index contributed by atoms with van der Waals surface area (Å²) >= 11 is 0. The Labute approximate surface area is 178 Å². The first-order valence-electron chi connectivity index (χ1n) is 8.99. The number of nitriles is 1. The van der Waals surface area contributed by atoms with Gasteiger partial charge in [-0.15, -0.1) is 24.0 Å². The molecular formula is C21H26IN5. The zero-order chi connectivity index (χ0) is 18.2. The third-order valence-electron chi connectivity index (χ3n) is 4.64. The summed E-state index contributed by atoms with van der Waals surface area (Å²) in [6.45, 7) is 5.66. The molecule has 0 saturated carbocycles. The minimum atomic E-state index is 0.